The molecule has 0 aliphatic carbocycles. The standard InChI is InChI=1S/C14H15N3O2/c1-2-19-13-10(11-7-3-4-9-16-11)6-5-8-12(13)17-14(15)18/h3-9H,2H2,1H3,(H3,15,17,18). The average Bonchev–Trinajstić information content (AvgIpc) is 2.41. The molecule has 98 valence electrons. The zero-order chi connectivity index (χ0) is 13.7. The van der Waals surface area contributed by atoms with E-state index in [9.17, 15) is 4.79 Å². The van der Waals surface area contributed by atoms with E-state index in [1.54, 1.807) is 12.3 Å². The summed E-state index contributed by atoms with van der Waals surface area (Å²) in [5.74, 6) is 0.572. The van der Waals surface area contributed by atoms with Crippen LogP contribution in [0.1, 0.15) is 6.92 Å². The number of pyridine rings is 1. The first-order chi connectivity index (χ1) is 9.22. The number of nitrogens with zero attached hydrogens (tertiary/aromatic N) is 1. The van der Waals surface area contributed by atoms with Gasteiger partial charge in [0.1, 0.15) is 0 Å². The molecule has 1 heterocycles. The fourth-order valence-corrected chi connectivity index (χ4v) is 1.79. The first-order valence-corrected chi connectivity index (χ1v) is 5.96. The maximum atomic E-state index is 11.0. The Morgan fingerprint density at radius 1 is 1.32 bits per heavy atom. The topological polar surface area (TPSA) is 77.2 Å². The van der Waals surface area contributed by atoms with Crippen LogP contribution < -0.4 is 15.8 Å². The van der Waals surface area contributed by atoms with Gasteiger partial charge in [-0.1, -0.05) is 12.1 Å². The van der Waals surface area contributed by atoms with Crippen molar-refractivity contribution in [2.45, 2.75) is 6.92 Å². The van der Waals surface area contributed by atoms with Gasteiger partial charge in [-0.2, -0.15) is 0 Å². The van der Waals surface area contributed by atoms with Crippen LogP contribution in [0.3, 0.4) is 0 Å². The van der Waals surface area contributed by atoms with Gasteiger partial charge in [-0.25, -0.2) is 4.79 Å². The quantitative estimate of drug-likeness (QED) is 0.883. The number of nitrogens with one attached hydrogen (secondary N) is 1. The van der Waals surface area contributed by atoms with E-state index in [2.05, 4.69) is 10.3 Å². The molecule has 5 heteroatoms. The number of primary amides is 1. The number of ether oxygens (including phenoxy) is 1. The van der Waals surface area contributed by atoms with Crippen LogP contribution in [0.25, 0.3) is 11.3 Å². The Bertz CT molecular complexity index is 570. The molecule has 0 radical (unpaired) electrons. The van der Waals surface area contributed by atoms with Crippen molar-refractivity contribution in [2.24, 2.45) is 5.73 Å². The number of carbonyl (C=O) groups excluding carboxylic acids is 1. The monoisotopic (exact) mass is 257 g/mol. The lowest BCUT2D eigenvalue weighted by Crippen LogP contribution is -2.20. The van der Waals surface area contributed by atoms with Gasteiger partial charge in [0, 0.05) is 11.8 Å². The summed E-state index contributed by atoms with van der Waals surface area (Å²) in [5.41, 5.74) is 7.29. The van der Waals surface area contributed by atoms with E-state index in [1.165, 1.54) is 0 Å². The molecule has 0 aliphatic heterocycles. The van der Waals surface area contributed by atoms with Crippen molar-refractivity contribution in [3.8, 4) is 17.0 Å². The van der Waals surface area contributed by atoms with Gasteiger partial charge < -0.3 is 15.8 Å². The average molecular weight is 257 g/mol. The molecule has 0 unspecified atom stereocenters. The molecule has 19 heavy (non-hydrogen) atoms. The lowest BCUT2D eigenvalue weighted by molar-refractivity contribution is 0.259. The zero-order valence-electron chi connectivity index (χ0n) is 10.6. The van der Waals surface area contributed by atoms with Gasteiger partial charge in [0.25, 0.3) is 0 Å². The highest BCUT2D eigenvalue weighted by molar-refractivity contribution is 5.92. The summed E-state index contributed by atoms with van der Waals surface area (Å²) in [6.45, 7) is 2.36. The van der Waals surface area contributed by atoms with Crippen LogP contribution in [0.2, 0.25) is 0 Å². The number of benzene rings is 1. The van der Waals surface area contributed by atoms with Crippen LogP contribution in [0.4, 0.5) is 10.5 Å². The van der Waals surface area contributed by atoms with Crippen LogP contribution >= 0.6 is 0 Å². The van der Waals surface area contributed by atoms with Gasteiger partial charge in [-0.05, 0) is 31.2 Å². The Balaban J connectivity index is 2.51. The van der Waals surface area contributed by atoms with Gasteiger partial charge >= 0.3 is 6.03 Å². The Kier molecular flexibility index (Phi) is 3.97. The van der Waals surface area contributed by atoms with Gasteiger partial charge in [0.2, 0.25) is 0 Å². The number of para-hydroxylation sites is 1. The number of hydrogen-bond donors (Lipinski definition) is 2. The summed E-state index contributed by atoms with van der Waals surface area (Å²) in [4.78, 5) is 15.3. The van der Waals surface area contributed by atoms with Crippen molar-refractivity contribution in [2.75, 3.05) is 11.9 Å². The normalized spacial score (nSPS) is 9.95. The molecule has 0 spiro atoms. The summed E-state index contributed by atoms with van der Waals surface area (Å²) >= 11 is 0. The predicted molar refractivity (Wildman–Crippen MR) is 74.0 cm³/mol. The first-order valence-electron chi connectivity index (χ1n) is 5.96. The lowest BCUT2D eigenvalue weighted by Gasteiger charge is -2.14. The third-order valence-electron chi connectivity index (χ3n) is 2.50. The molecule has 1 aromatic carbocycles. The van der Waals surface area contributed by atoms with Crippen molar-refractivity contribution in [3.63, 3.8) is 0 Å². The SMILES string of the molecule is CCOc1c(NC(N)=O)cccc1-c1ccccn1. The second-order valence-electron chi connectivity index (χ2n) is 3.82. The number of amides is 2. The molecule has 0 bridgehead atoms. The number of nitrogens with two attached hydrogens (primary N) is 1. The number of hydrogen-bond acceptors (Lipinski definition) is 3. The van der Waals surface area contributed by atoms with E-state index in [4.69, 9.17) is 10.5 Å². The highest BCUT2D eigenvalue weighted by Gasteiger charge is 2.13. The molecule has 0 saturated carbocycles. The first kappa shape index (κ1) is 12.9. The van der Waals surface area contributed by atoms with Gasteiger partial charge in [-0.15, -0.1) is 0 Å². The smallest absolute Gasteiger partial charge is 0.316 e. The Morgan fingerprint density at radius 3 is 2.79 bits per heavy atom. The molecule has 5 nitrogen and oxygen atoms in total. The fraction of sp³-hybridized carbons (Fsp3) is 0.143. The van der Waals surface area contributed by atoms with E-state index < -0.39 is 6.03 Å². The maximum absolute atomic E-state index is 11.0. The Labute approximate surface area is 111 Å². The van der Waals surface area contributed by atoms with Gasteiger partial charge in [0.15, 0.2) is 5.75 Å². The number of urea groups is 1. The summed E-state index contributed by atoms with van der Waals surface area (Å²) < 4.78 is 5.61. The van der Waals surface area contributed by atoms with Crippen LogP contribution in [0.15, 0.2) is 42.6 Å². The van der Waals surface area contributed by atoms with Crippen molar-refractivity contribution in [1.29, 1.82) is 0 Å². The maximum Gasteiger partial charge on any atom is 0.316 e. The Hall–Kier alpha value is -2.56. The molecule has 3 N–H and O–H groups in total. The van der Waals surface area contributed by atoms with Crippen LogP contribution in [0.5, 0.6) is 5.75 Å². The van der Waals surface area contributed by atoms with E-state index in [0.717, 1.165) is 11.3 Å². The van der Waals surface area contributed by atoms with Crippen molar-refractivity contribution < 1.29 is 9.53 Å². The van der Waals surface area contributed by atoms with E-state index >= 15 is 0 Å². The minimum absolute atomic E-state index is 0.483. The van der Waals surface area contributed by atoms with Crippen molar-refractivity contribution in [3.05, 3.63) is 42.6 Å². The fourth-order valence-electron chi connectivity index (χ4n) is 1.79. The summed E-state index contributed by atoms with van der Waals surface area (Å²) in [5, 5.41) is 2.55. The third kappa shape index (κ3) is 3.01. The zero-order valence-corrected chi connectivity index (χ0v) is 10.6. The minimum atomic E-state index is -0.626. The minimum Gasteiger partial charge on any atom is -0.491 e. The summed E-state index contributed by atoms with van der Waals surface area (Å²) in [6, 6.07) is 10.4. The van der Waals surface area contributed by atoms with Gasteiger partial charge in [0.05, 0.1) is 18.0 Å². The van der Waals surface area contributed by atoms with Crippen LogP contribution in [-0.2, 0) is 0 Å². The van der Waals surface area contributed by atoms with Crippen LogP contribution in [0, 0.1) is 0 Å². The predicted octanol–water partition coefficient (Wildman–Crippen LogP) is 2.64. The lowest BCUT2D eigenvalue weighted by atomic mass is 10.1. The molecule has 2 amide bonds. The Morgan fingerprint density at radius 2 is 2.16 bits per heavy atom. The highest BCUT2D eigenvalue weighted by atomic mass is 16.5. The number of carbonyl (C=O) groups is 1. The molecule has 0 saturated heterocycles. The van der Waals surface area contributed by atoms with Crippen molar-refractivity contribution >= 4 is 11.7 Å². The van der Waals surface area contributed by atoms with Gasteiger partial charge in [-0.3, -0.25) is 4.98 Å². The molecular formula is C14H15N3O2. The summed E-state index contributed by atoms with van der Waals surface area (Å²) in [6.07, 6.45) is 1.71. The van der Waals surface area contributed by atoms with E-state index in [1.807, 2.05) is 37.3 Å². The number of rotatable bonds is 4. The second-order valence-corrected chi connectivity index (χ2v) is 3.82. The number of anilines is 1. The van der Waals surface area contributed by atoms with E-state index in [-0.39, 0.29) is 0 Å². The molecule has 0 aliphatic rings. The van der Waals surface area contributed by atoms with Crippen LogP contribution in [-0.4, -0.2) is 17.6 Å². The largest absolute Gasteiger partial charge is 0.491 e. The highest BCUT2D eigenvalue weighted by Crippen LogP contribution is 2.35. The van der Waals surface area contributed by atoms with E-state index in [0.29, 0.717) is 18.0 Å². The molecule has 2 aromatic rings. The molecule has 0 fully saturated rings. The molecular weight excluding hydrogens is 242 g/mol. The molecule has 1 aromatic heterocycles. The van der Waals surface area contributed by atoms with Crippen molar-refractivity contribution in [1.82, 2.24) is 4.98 Å². The molecule has 2 rings (SSSR count). The summed E-state index contributed by atoms with van der Waals surface area (Å²) in [7, 11) is 0. The number of aromatic nitrogens is 1. The third-order valence-corrected chi connectivity index (χ3v) is 2.50. The second kappa shape index (κ2) is 5.86. The molecule has 0 atom stereocenters.